The van der Waals surface area contributed by atoms with E-state index in [1.54, 1.807) is 18.4 Å². The van der Waals surface area contributed by atoms with E-state index < -0.39 is 0 Å². The molecule has 3 rings (SSSR count). The molecule has 4 nitrogen and oxygen atoms in total. The monoisotopic (exact) mass is 340 g/mol. The van der Waals surface area contributed by atoms with Crippen LogP contribution in [0.5, 0.6) is 5.75 Å². The zero-order chi connectivity index (χ0) is 16.8. The summed E-state index contributed by atoms with van der Waals surface area (Å²) in [6.45, 7) is 0.576. The van der Waals surface area contributed by atoms with Crippen molar-refractivity contribution in [3.63, 3.8) is 0 Å². The number of nitrogens with one attached hydrogen (secondary N) is 1. The fourth-order valence-electron chi connectivity index (χ4n) is 2.65. The van der Waals surface area contributed by atoms with E-state index in [4.69, 9.17) is 4.74 Å². The van der Waals surface area contributed by atoms with Crippen molar-refractivity contribution < 1.29 is 9.53 Å². The van der Waals surface area contributed by atoms with Gasteiger partial charge < -0.3 is 14.6 Å². The molecule has 2 aromatic heterocycles. The first kappa shape index (κ1) is 16.3. The molecule has 1 atom stereocenters. The van der Waals surface area contributed by atoms with E-state index in [2.05, 4.69) is 9.88 Å². The lowest BCUT2D eigenvalue weighted by Crippen LogP contribution is -2.26. The molecule has 3 aromatic rings. The van der Waals surface area contributed by atoms with Crippen LogP contribution in [0.3, 0.4) is 0 Å². The Hall–Kier alpha value is -2.53. The number of aromatic nitrogens is 1. The van der Waals surface area contributed by atoms with Crippen molar-refractivity contribution in [2.24, 2.45) is 0 Å². The molecule has 0 fully saturated rings. The van der Waals surface area contributed by atoms with Gasteiger partial charge in [0.2, 0.25) is 5.91 Å². The van der Waals surface area contributed by atoms with Gasteiger partial charge in [-0.1, -0.05) is 18.2 Å². The third-order valence-corrected chi connectivity index (χ3v) is 4.76. The Morgan fingerprint density at radius 2 is 2.04 bits per heavy atom. The van der Waals surface area contributed by atoms with Crippen LogP contribution in [0.25, 0.3) is 0 Å². The molecule has 1 unspecified atom stereocenters. The van der Waals surface area contributed by atoms with E-state index in [1.165, 1.54) is 0 Å². The predicted molar refractivity (Wildman–Crippen MR) is 96.3 cm³/mol. The van der Waals surface area contributed by atoms with Crippen molar-refractivity contribution in [3.05, 3.63) is 76.7 Å². The maximum Gasteiger partial charge on any atom is 0.222 e. The number of carbonyl (C=O) groups is 1. The summed E-state index contributed by atoms with van der Waals surface area (Å²) in [6, 6.07) is 15.8. The van der Waals surface area contributed by atoms with Gasteiger partial charge in [0.15, 0.2) is 0 Å². The number of amides is 1. The summed E-state index contributed by atoms with van der Waals surface area (Å²) in [5.41, 5.74) is 1.05. The van der Waals surface area contributed by atoms with Crippen LogP contribution in [0, 0.1) is 0 Å². The van der Waals surface area contributed by atoms with Crippen LogP contribution in [0.4, 0.5) is 0 Å². The lowest BCUT2D eigenvalue weighted by Gasteiger charge is -2.20. The molecule has 1 amide bonds. The van der Waals surface area contributed by atoms with Crippen molar-refractivity contribution in [2.45, 2.75) is 19.0 Å². The van der Waals surface area contributed by atoms with Gasteiger partial charge in [-0.25, -0.2) is 0 Å². The number of hydrogen-bond acceptors (Lipinski definition) is 3. The standard InChI is InChI=1S/C19H20N2O2S/c1-23-16-7-4-6-15(12-16)18(21-9-2-3-10-21)13-19(22)20-14-17-8-5-11-24-17/h2-12,18H,13-14H2,1H3,(H,20,22). The van der Waals surface area contributed by atoms with E-state index in [0.29, 0.717) is 13.0 Å². The molecule has 5 heteroatoms. The summed E-state index contributed by atoms with van der Waals surface area (Å²) in [7, 11) is 1.65. The minimum atomic E-state index is -0.0570. The summed E-state index contributed by atoms with van der Waals surface area (Å²) in [6.07, 6.45) is 4.35. The topological polar surface area (TPSA) is 43.3 Å². The first-order valence-electron chi connectivity index (χ1n) is 7.82. The van der Waals surface area contributed by atoms with E-state index in [0.717, 1.165) is 16.2 Å². The van der Waals surface area contributed by atoms with E-state index >= 15 is 0 Å². The zero-order valence-electron chi connectivity index (χ0n) is 13.5. The van der Waals surface area contributed by atoms with Crippen LogP contribution in [0.2, 0.25) is 0 Å². The van der Waals surface area contributed by atoms with E-state index in [-0.39, 0.29) is 11.9 Å². The molecule has 0 saturated heterocycles. The minimum Gasteiger partial charge on any atom is -0.497 e. The van der Waals surface area contributed by atoms with E-state index in [9.17, 15) is 4.79 Å². The SMILES string of the molecule is COc1cccc(C(CC(=O)NCc2cccs2)n2cccc2)c1. The molecule has 1 N–H and O–H groups in total. The molecule has 124 valence electrons. The highest BCUT2D eigenvalue weighted by Gasteiger charge is 2.18. The van der Waals surface area contributed by atoms with E-state index in [1.807, 2.05) is 66.3 Å². The molecule has 0 aliphatic carbocycles. The second kappa shape index (κ2) is 7.84. The van der Waals surface area contributed by atoms with Crippen molar-refractivity contribution >= 4 is 17.2 Å². The number of carbonyl (C=O) groups excluding carboxylic acids is 1. The highest BCUT2D eigenvalue weighted by molar-refractivity contribution is 7.09. The zero-order valence-corrected chi connectivity index (χ0v) is 14.3. The molecule has 0 radical (unpaired) electrons. The average Bonchev–Trinajstić information content (AvgIpc) is 3.31. The van der Waals surface area contributed by atoms with Crippen LogP contribution in [0.15, 0.2) is 66.3 Å². The molecule has 1 aromatic carbocycles. The third-order valence-electron chi connectivity index (χ3n) is 3.88. The molecule has 0 bridgehead atoms. The first-order valence-corrected chi connectivity index (χ1v) is 8.69. The highest BCUT2D eigenvalue weighted by atomic mass is 32.1. The lowest BCUT2D eigenvalue weighted by molar-refractivity contribution is -0.121. The van der Waals surface area contributed by atoms with Crippen LogP contribution < -0.4 is 10.1 Å². The van der Waals surface area contributed by atoms with Crippen molar-refractivity contribution in [1.29, 1.82) is 0 Å². The summed E-state index contributed by atoms with van der Waals surface area (Å²) in [4.78, 5) is 13.6. The van der Waals surface area contributed by atoms with Gasteiger partial charge >= 0.3 is 0 Å². The maximum atomic E-state index is 12.4. The Labute approximate surface area is 145 Å². The fourth-order valence-corrected chi connectivity index (χ4v) is 3.29. The van der Waals surface area contributed by atoms with Gasteiger partial charge in [-0.3, -0.25) is 4.79 Å². The number of methoxy groups -OCH3 is 1. The summed E-state index contributed by atoms with van der Waals surface area (Å²) in [5, 5.41) is 5.02. The van der Waals surface area contributed by atoms with Gasteiger partial charge in [0.25, 0.3) is 0 Å². The summed E-state index contributed by atoms with van der Waals surface area (Å²) < 4.78 is 7.37. The number of thiophene rings is 1. The first-order chi connectivity index (χ1) is 11.8. The minimum absolute atomic E-state index is 0.0323. The highest BCUT2D eigenvalue weighted by Crippen LogP contribution is 2.25. The van der Waals surface area contributed by atoms with Gasteiger partial charge in [0, 0.05) is 17.3 Å². The van der Waals surface area contributed by atoms with Gasteiger partial charge in [-0.2, -0.15) is 0 Å². The second-order valence-corrected chi connectivity index (χ2v) is 6.52. The second-order valence-electron chi connectivity index (χ2n) is 5.48. The number of benzene rings is 1. The Balaban J connectivity index is 1.74. The van der Waals surface area contributed by atoms with Crippen LogP contribution >= 0.6 is 11.3 Å². The normalized spacial score (nSPS) is 11.9. The van der Waals surface area contributed by atoms with Crippen molar-refractivity contribution in [2.75, 3.05) is 7.11 Å². The maximum absolute atomic E-state index is 12.4. The third kappa shape index (κ3) is 4.06. The van der Waals surface area contributed by atoms with Gasteiger partial charge in [-0.05, 0) is 41.3 Å². The van der Waals surface area contributed by atoms with Gasteiger partial charge in [0.05, 0.1) is 26.1 Å². The number of nitrogens with zero attached hydrogens (tertiary/aromatic N) is 1. The number of ether oxygens (including phenoxy) is 1. The van der Waals surface area contributed by atoms with Crippen LogP contribution in [-0.4, -0.2) is 17.6 Å². The van der Waals surface area contributed by atoms with Crippen molar-refractivity contribution in [1.82, 2.24) is 9.88 Å². The summed E-state index contributed by atoms with van der Waals surface area (Å²) in [5.74, 6) is 0.827. The Kier molecular flexibility index (Phi) is 5.33. The quantitative estimate of drug-likeness (QED) is 0.710. The Bertz CT molecular complexity index is 767. The molecular formula is C19H20N2O2S. The largest absolute Gasteiger partial charge is 0.497 e. The fraction of sp³-hybridized carbons (Fsp3) is 0.211. The summed E-state index contributed by atoms with van der Waals surface area (Å²) >= 11 is 1.65. The number of hydrogen-bond donors (Lipinski definition) is 1. The predicted octanol–water partition coefficient (Wildman–Crippen LogP) is 3.85. The van der Waals surface area contributed by atoms with Crippen LogP contribution in [0.1, 0.15) is 22.9 Å². The number of rotatable bonds is 7. The van der Waals surface area contributed by atoms with Crippen LogP contribution in [-0.2, 0) is 11.3 Å². The molecule has 2 heterocycles. The molecule has 0 aliphatic rings. The smallest absolute Gasteiger partial charge is 0.222 e. The Morgan fingerprint density at radius 3 is 2.75 bits per heavy atom. The van der Waals surface area contributed by atoms with Gasteiger partial charge in [0.1, 0.15) is 5.75 Å². The Morgan fingerprint density at radius 1 is 1.21 bits per heavy atom. The molecule has 0 saturated carbocycles. The van der Waals surface area contributed by atoms with Crippen molar-refractivity contribution in [3.8, 4) is 5.75 Å². The molecule has 0 aliphatic heterocycles. The average molecular weight is 340 g/mol. The molecular weight excluding hydrogens is 320 g/mol. The molecule has 24 heavy (non-hydrogen) atoms. The lowest BCUT2D eigenvalue weighted by atomic mass is 10.0. The van der Waals surface area contributed by atoms with Gasteiger partial charge in [-0.15, -0.1) is 11.3 Å². The molecule has 0 spiro atoms.